The summed E-state index contributed by atoms with van der Waals surface area (Å²) in [5, 5.41) is 0. The molecular formula is C14H30ClO3P. The smallest absolute Gasteiger partial charge is 0.324 e. The highest BCUT2D eigenvalue weighted by Crippen LogP contribution is 2.35. The van der Waals surface area contributed by atoms with Gasteiger partial charge in [0, 0.05) is 12.0 Å². The molecule has 5 heteroatoms. The number of hydrogen-bond donors (Lipinski definition) is 2. The summed E-state index contributed by atoms with van der Waals surface area (Å²) in [6.45, 7) is 0. The van der Waals surface area contributed by atoms with Crippen molar-refractivity contribution in [2.45, 2.75) is 77.0 Å². The monoisotopic (exact) mass is 312 g/mol. The van der Waals surface area contributed by atoms with Crippen LogP contribution < -0.4 is 0 Å². The Morgan fingerprint density at radius 3 is 1.26 bits per heavy atom. The SMILES string of the molecule is O=P(O)(O)CCCCCCCCCCCCCCCl. The molecule has 0 radical (unpaired) electrons. The Bertz CT molecular complexity index is 231. The molecule has 0 aromatic carbocycles. The molecule has 0 heterocycles. The summed E-state index contributed by atoms with van der Waals surface area (Å²) in [5.74, 6) is 0.794. The zero-order chi connectivity index (χ0) is 14.4. The van der Waals surface area contributed by atoms with Crippen molar-refractivity contribution < 1.29 is 14.4 Å². The van der Waals surface area contributed by atoms with Crippen LogP contribution in [0.4, 0.5) is 0 Å². The minimum absolute atomic E-state index is 0.0509. The Hall–Kier alpha value is 0.440. The lowest BCUT2D eigenvalue weighted by Crippen LogP contribution is -1.88. The minimum Gasteiger partial charge on any atom is -0.324 e. The molecule has 116 valence electrons. The summed E-state index contributed by atoms with van der Waals surface area (Å²) < 4.78 is 10.6. The van der Waals surface area contributed by atoms with E-state index in [4.69, 9.17) is 21.4 Å². The summed E-state index contributed by atoms with van der Waals surface area (Å²) in [6, 6.07) is 0. The van der Waals surface area contributed by atoms with Gasteiger partial charge in [0.05, 0.1) is 0 Å². The van der Waals surface area contributed by atoms with Gasteiger partial charge in [0.2, 0.25) is 0 Å². The van der Waals surface area contributed by atoms with Crippen LogP contribution in [0.25, 0.3) is 0 Å². The van der Waals surface area contributed by atoms with Gasteiger partial charge in [-0.1, -0.05) is 64.2 Å². The first kappa shape index (κ1) is 19.4. The molecule has 0 aliphatic rings. The molecular weight excluding hydrogens is 283 g/mol. The Kier molecular flexibility index (Phi) is 13.7. The molecule has 19 heavy (non-hydrogen) atoms. The Morgan fingerprint density at radius 1 is 0.632 bits per heavy atom. The van der Waals surface area contributed by atoms with E-state index in [1.165, 1.54) is 51.4 Å². The molecule has 0 fully saturated rings. The van der Waals surface area contributed by atoms with Gasteiger partial charge in [0.15, 0.2) is 0 Å². The second-order valence-electron chi connectivity index (χ2n) is 5.32. The molecule has 0 aliphatic carbocycles. The van der Waals surface area contributed by atoms with Gasteiger partial charge in [-0.05, 0) is 12.8 Å². The summed E-state index contributed by atoms with van der Waals surface area (Å²) in [6.07, 6.45) is 14.2. The number of hydrogen-bond acceptors (Lipinski definition) is 1. The van der Waals surface area contributed by atoms with E-state index in [-0.39, 0.29) is 6.16 Å². The molecule has 3 nitrogen and oxygen atoms in total. The number of halogens is 1. The molecule has 0 rings (SSSR count). The Balaban J connectivity index is 3.01. The fourth-order valence-electron chi connectivity index (χ4n) is 2.18. The molecule has 0 saturated heterocycles. The summed E-state index contributed by atoms with van der Waals surface area (Å²) in [4.78, 5) is 17.4. The van der Waals surface area contributed by atoms with Crippen molar-refractivity contribution in [3.05, 3.63) is 0 Å². The molecule has 0 amide bonds. The predicted molar refractivity (Wildman–Crippen MR) is 83.0 cm³/mol. The van der Waals surface area contributed by atoms with Crippen LogP contribution in [0.3, 0.4) is 0 Å². The number of unbranched alkanes of at least 4 members (excludes halogenated alkanes) is 11. The lowest BCUT2D eigenvalue weighted by molar-refractivity contribution is 0.370. The molecule has 0 bridgehead atoms. The summed E-state index contributed by atoms with van der Waals surface area (Å²) >= 11 is 5.62. The lowest BCUT2D eigenvalue weighted by Gasteiger charge is -2.04. The fourth-order valence-corrected chi connectivity index (χ4v) is 3.00. The van der Waals surface area contributed by atoms with Crippen LogP contribution in [0.15, 0.2) is 0 Å². The highest BCUT2D eigenvalue weighted by molar-refractivity contribution is 7.51. The average Bonchev–Trinajstić information content (AvgIpc) is 2.34. The van der Waals surface area contributed by atoms with E-state index >= 15 is 0 Å². The summed E-state index contributed by atoms with van der Waals surface area (Å²) in [5.41, 5.74) is 0. The van der Waals surface area contributed by atoms with Gasteiger partial charge in [-0.2, -0.15) is 0 Å². The van der Waals surface area contributed by atoms with Crippen LogP contribution in [-0.2, 0) is 4.57 Å². The van der Waals surface area contributed by atoms with Crippen molar-refractivity contribution in [1.29, 1.82) is 0 Å². The quantitative estimate of drug-likeness (QED) is 0.267. The van der Waals surface area contributed by atoms with Crippen LogP contribution in [0, 0.1) is 0 Å². The summed E-state index contributed by atoms with van der Waals surface area (Å²) in [7, 11) is -3.76. The van der Waals surface area contributed by atoms with E-state index < -0.39 is 7.60 Å². The topological polar surface area (TPSA) is 57.5 Å². The van der Waals surface area contributed by atoms with Crippen LogP contribution in [0.2, 0.25) is 0 Å². The fraction of sp³-hybridized carbons (Fsp3) is 1.00. The van der Waals surface area contributed by atoms with E-state index in [1.807, 2.05) is 0 Å². The van der Waals surface area contributed by atoms with Gasteiger partial charge >= 0.3 is 7.60 Å². The van der Waals surface area contributed by atoms with Crippen molar-refractivity contribution in [2.24, 2.45) is 0 Å². The second kappa shape index (κ2) is 13.4. The molecule has 0 unspecified atom stereocenters. The van der Waals surface area contributed by atoms with Gasteiger partial charge in [-0.15, -0.1) is 11.6 Å². The molecule has 0 spiro atoms. The Morgan fingerprint density at radius 2 is 0.947 bits per heavy atom. The third kappa shape index (κ3) is 18.4. The first-order valence-electron chi connectivity index (χ1n) is 7.67. The van der Waals surface area contributed by atoms with Crippen molar-refractivity contribution >= 4 is 19.2 Å². The van der Waals surface area contributed by atoms with E-state index in [9.17, 15) is 4.57 Å². The molecule has 2 N–H and O–H groups in total. The van der Waals surface area contributed by atoms with Crippen molar-refractivity contribution in [1.82, 2.24) is 0 Å². The zero-order valence-electron chi connectivity index (χ0n) is 12.0. The highest BCUT2D eigenvalue weighted by atomic mass is 35.5. The number of alkyl halides is 1. The van der Waals surface area contributed by atoms with Gasteiger partial charge in [0.25, 0.3) is 0 Å². The van der Waals surface area contributed by atoms with Crippen LogP contribution in [-0.4, -0.2) is 21.8 Å². The molecule has 0 aromatic heterocycles. The zero-order valence-corrected chi connectivity index (χ0v) is 13.7. The van der Waals surface area contributed by atoms with Gasteiger partial charge < -0.3 is 9.79 Å². The first-order chi connectivity index (χ1) is 9.06. The third-order valence-corrected chi connectivity index (χ3v) is 4.50. The maximum absolute atomic E-state index is 10.6. The van der Waals surface area contributed by atoms with Crippen molar-refractivity contribution in [3.63, 3.8) is 0 Å². The molecule has 0 saturated carbocycles. The molecule has 0 aliphatic heterocycles. The van der Waals surface area contributed by atoms with Crippen molar-refractivity contribution in [2.75, 3.05) is 12.0 Å². The first-order valence-corrected chi connectivity index (χ1v) is 10.00. The normalized spacial score (nSPS) is 11.9. The van der Waals surface area contributed by atoms with E-state index in [1.54, 1.807) is 0 Å². The van der Waals surface area contributed by atoms with Crippen LogP contribution in [0.5, 0.6) is 0 Å². The highest BCUT2D eigenvalue weighted by Gasteiger charge is 2.10. The van der Waals surface area contributed by atoms with Gasteiger partial charge in [-0.25, -0.2) is 0 Å². The predicted octanol–water partition coefficient (Wildman–Crippen LogP) is 5.08. The average molecular weight is 313 g/mol. The second-order valence-corrected chi connectivity index (χ2v) is 7.47. The van der Waals surface area contributed by atoms with E-state index in [2.05, 4.69) is 0 Å². The van der Waals surface area contributed by atoms with Crippen LogP contribution in [0.1, 0.15) is 77.0 Å². The van der Waals surface area contributed by atoms with Gasteiger partial charge in [-0.3, -0.25) is 4.57 Å². The van der Waals surface area contributed by atoms with E-state index in [0.29, 0.717) is 6.42 Å². The number of rotatable bonds is 14. The van der Waals surface area contributed by atoms with E-state index in [0.717, 1.165) is 25.1 Å². The lowest BCUT2D eigenvalue weighted by atomic mass is 10.1. The van der Waals surface area contributed by atoms with Crippen molar-refractivity contribution in [3.8, 4) is 0 Å². The third-order valence-electron chi connectivity index (χ3n) is 3.33. The standard InChI is InChI=1S/C14H30ClO3P/c15-13-11-9-7-5-3-1-2-4-6-8-10-12-14-19(16,17)18/h1-14H2,(H2,16,17,18). The maximum Gasteiger partial charge on any atom is 0.325 e. The maximum atomic E-state index is 10.6. The molecule has 0 aromatic rings. The molecule has 0 atom stereocenters. The Labute approximate surface area is 123 Å². The van der Waals surface area contributed by atoms with Gasteiger partial charge in [0.1, 0.15) is 0 Å². The van der Waals surface area contributed by atoms with Crippen LogP contribution >= 0.6 is 19.2 Å². The minimum atomic E-state index is -3.76. The largest absolute Gasteiger partial charge is 0.325 e.